The molecule has 1 aliphatic carbocycles. The summed E-state index contributed by atoms with van der Waals surface area (Å²) in [5, 5.41) is 1.15. The molecule has 76 valence electrons. The van der Waals surface area contributed by atoms with E-state index in [1.54, 1.807) is 0 Å². The SMILES string of the molecule is Cc1cc2cc(C3CC3)ccc2[nH]c1=O. The molecule has 1 aromatic heterocycles. The second-order valence-electron chi connectivity index (χ2n) is 4.40. The number of aryl methyl sites for hydroxylation is 1. The zero-order valence-corrected chi connectivity index (χ0v) is 8.71. The highest BCUT2D eigenvalue weighted by Gasteiger charge is 2.23. The van der Waals surface area contributed by atoms with Gasteiger partial charge in [-0.3, -0.25) is 4.79 Å². The van der Waals surface area contributed by atoms with E-state index in [1.165, 1.54) is 18.4 Å². The van der Waals surface area contributed by atoms with Crippen LogP contribution in [0.15, 0.2) is 29.1 Å². The molecular formula is C13H13NO. The monoisotopic (exact) mass is 199 g/mol. The van der Waals surface area contributed by atoms with Crippen molar-refractivity contribution in [3.63, 3.8) is 0 Å². The minimum atomic E-state index is 0.0154. The van der Waals surface area contributed by atoms with Gasteiger partial charge in [-0.2, -0.15) is 0 Å². The smallest absolute Gasteiger partial charge is 0.251 e. The Bertz CT molecular complexity index is 579. The van der Waals surface area contributed by atoms with Crippen LogP contribution in [0.25, 0.3) is 10.9 Å². The largest absolute Gasteiger partial charge is 0.322 e. The Morgan fingerprint density at radius 3 is 2.80 bits per heavy atom. The average Bonchev–Trinajstić information content (AvgIpc) is 3.02. The minimum Gasteiger partial charge on any atom is -0.322 e. The molecule has 1 saturated carbocycles. The number of aromatic nitrogens is 1. The number of aromatic amines is 1. The van der Waals surface area contributed by atoms with E-state index in [1.807, 2.05) is 19.1 Å². The van der Waals surface area contributed by atoms with Crippen molar-refractivity contribution in [2.24, 2.45) is 0 Å². The number of nitrogens with one attached hydrogen (secondary N) is 1. The average molecular weight is 199 g/mol. The molecule has 15 heavy (non-hydrogen) atoms. The van der Waals surface area contributed by atoms with Crippen LogP contribution in [0.3, 0.4) is 0 Å². The molecule has 0 saturated heterocycles. The lowest BCUT2D eigenvalue weighted by Crippen LogP contribution is -2.08. The van der Waals surface area contributed by atoms with E-state index in [2.05, 4.69) is 17.1 Å². The summed E-state index contributed by atoms with van der Waals surface area (Å²) >= 11 is 0. The normalized spacial score (nSPS) is 15.8. The Morgan fingerprint density at radius 2 is 2.07 bits per heavy atom. The van der Waals surface area contributed by atoms with Gasteiger partial charge in [-0.25, -0.2) is 0 Å². The summed E-state index contributed by atoms with van der Waals surface area (Å²) in [5.74, 6) is 0.765. The van der Waals surface area contributed by atoms with Gasteiger partial charge in [0, 0.05) is 11.1 Å². The summed E-state index contributed by atoms with van der Waals surface area (Å²) in [5.41, 5.74) is 3.15. The number of hydrogen-bond donors (Lipinski definition) is 1. The van der Waals surface area contributed by atoms with Crippen molar-refractivity contribution >= 4 is 10.9 Å². The number of pyridine rings is 1. The van der Waals surface area contributed by atoms with Crippen LogP contribution in [-0.2, 0) is 0 Å². The van der Waals surface area contributed by atoms with Gasteiger partial charge in [0.15, 0.2) is 0 Å². The third kappa shape index (κ3) is 1.46. The molecule has 2 aromatic rings. The molecule has 2 nitrogen and oxygen atoms in total. The van der Waals surface area contributed by atoms with Crippen LogP contribution in [-0.4, -0.2) is 4.98 Å². The van der Waals surface area contributed by atoms with E-state index in [0.717, 1.165) is 22.4 Å². The van der Waals surface area contributed by atoms with Crippen molar-refractivity contribution in [2.75, 3.05) is 0 Å². The van der Waals surface area contributed by atoms with E-state index in [-0.39, 0.29) is 5.56 Å². The van der Waals surface area contributed by atoms with Crippen molar-refractivity contribution in [2.45, 2.75) is 25.7 Å². The predicted octanol–water partition coefficient (Wildman–Crippen LogP) is 2.71. The highest BCUT2D eigenvalue weighted by Crippen LogP contribution is 2.40. The Balaban J connectivity index is 2.25. The lowest BCUT2D eigenvalue weighted by molar-refractivity contribution is 1.13. The fourth-order valence-electron chi connectivity index (χ4n) is 2.00. The van der Waals surface area contributed by atoms with Crippen molar-refractivity contribution in [1.29, 1.82) is 0 Å². The Morgan fingerprint density at radius 1 is 1.27 bits per heavy atom. The van der Waals surface area contributed by atoms with E-state index < -0.39 is 0 Å². The second-order valence-corrected chi connectivity index (χ2v) is 4.40. The standard InChI is InChI=1S/C13H13NO/c1-8-6-11-7-10(9-2-3-9)4-5-12(11)14-13(8)15/h4-7,9H,2-3H2,1H3,(H,14,15). The topological polar surface area (TPSA) is 32.9 Å². The molecule has 0 atom stereocenters. The van der Waals surface area contributed by atoms with Crippen LogP contribution in [0.5, 0.6) is 0 Å². The molecule has 0 unspecified atom stereocenters. The Hall–Kier alpha value is -1.57. The highest BCUT2D eigenvalue weighted by atomic mass is 16.1. The lowest BCUT2D eigenvalue weighted by Gasteiger charge is -2.02. The number of rotatable bonds is 1. The van der Waals surface area contributed by atoms with Crippen molar-refractivity contribution in [1.82, 2.24) is 4.98 Å². The first-order chi connectivity index (χ1) is 7.24. The van der Waals surface area contributed by atoms with E-state index in [4.69, 9.17) is 0 Å². The van der Waals surface area contributed by atoms with Crippen LogP contribution in [0.2, 0.25) is 0 Å². The summed E-state index contributed by atoms with van der Waals surface area (Å²) < 4.78 is 0. The second kappa shape index (κ2) is 2.96. The van der Waals surface area contributed by atoms with Gasteiger partial charge in [-0.1, -0.05) is 6.07 Å². The van der Waals surface area contributed by atoms with E-state index >= 15 is 0 Å². The van der Waals surface area contributed by atoms with Crippen LogP contribution < -0.4 is 5.56 Å². The minimum absolute atomic E-state index is 0.0154. The van der Waals surface area contributed by atoms with Gasteiger partial charge in [0.2, 0.25) is 0 Å². The molecule has 1 fully saturated rings. The zero-order chi connectivity index (χ0) is 10.4. The van der Waals surface area contributed by atoms with Crippen molar-refractivity contribution in [3.8, 4) is 0 Å². The molecule has 1 aromatic carbocycles. The van der Waals surface area contributed by atoms with Crippen LogP contribution in [0.1, 0.15) is 29.9 Å². The highest BCUT2D eigenvalue weighted by molar-refractivity contribution is 5.79. The van der Waals surface area contributed by atoms with Crippen LogP contribution in [0, 0.1) is 6.92 Å². The quantitative estimate of drug-likeness (QED) is 0.752. The summed E-state index contributed by atoms with van der Waals surface area (Å²) in [4.78, 5) is 14.3. The molecule has 3 rings (SSSR count). The number of fused-ring (bicyclic) bond motifs is 1. The summed E-state index contributed by atoms with van der Waals surface area (Å²) in [6.07, 6.45) is 2.63. The van der Waals surface area contributed by atoms with Gasteiger partial charge in [-0.05, 0) is 54.8 Å². The summed E-state index contributed by atoms with van der Waals surface area (Å²) in [7, 11) is 0. The molecular weight excluding hydrogens is 186 g/mol. The first kappa shape index (κ1) is 8.72. The van der Waals surface area contributed by atoms with E-state index in [9.17, 15) is 4.79 Å². The zero-order valence-electron chi connectivity index (χ0n) is 8.71. The maximum Gasteiger partial charge on any atom is 0.251 e. The van der Waals surface area contributed by atoms with E-state index in [0.29, 0.717) is 0 Å². The fourth-order valence-corrected chi connectivity index (χ4v) is 2.00. The fraction of sp³-hybridized carbons (Fsp3) is 0.308. The number of benzene rings is 1. The third-order valence-electron chi connectivity index (χ3n) is 3.10. The first-order valence-electron chi connectivity index (χ1n) is 5.37. The molecule has 0 radical (unpaired) electrons. The molecule has 0 bridgehead atoms. The van der Waals surface area contributed by atoms with Crippen molar-refractivity contribution < 1.29 is 0 Å². The molecule has 1 heterocycles. The number of H-pyrrole nitrogens is 1. The summed E-state index contributed by atoms with van der Waals surface area (Å²) in [6.45, 7) is 1.85. The van der Waals surface area contributed by atoms with Gasteiger partial charge in [0.25, 0.3) is 5.56 Å². The van der Waals surface area contributed by atoms with Crippen LogP contribution in [0.4, 0.5) is 0 Å². The Kier molecular flexibility index (Phi) is 1.72. The first-order valence-corrected chi connectivity index (χ1v) is 5.37. The van der Waals surface area contributed by atoms with Crippen LogP contribution >= 0.6 is 0 Å². The Labute approximate surface area is 87.9 Å². The molecule has 0 amide bonds. The van der Waals surface area contributed by atoms with Gasteiger partial charge in [0.1, 0.15) is 0 Å². The molecule has 0 spiro atoms. The van der Waals surface area contributed by atoms with Crippen molar-refractivity contribution in [3.05, 3.63) is 45.7 Å². The lowest BCUT2D eigenvalue weighted by atomic mass is 10.1. The molecule has 1 aliphatic rings. The maximum atomic E-state index is 11.4. The maximum absolute atomic E-state index is 11.4. The van der Waals surface area contributed by atoms with Gasteiger partial charge in [0.05, 0.1) is 0 Å². The van der Waals surface area contributed by atoms with Gasteiger partial charge >= 0.3 is 0 Å². The van der Waals surface area contributed by atoms with Gasteiger partial charge < -0.3 is 4.98 Å². The molecule has 1 N–H and O–H groups in total. The number of hydrogen-bond acceptors (Lipinski definition) is 1. The summed E-state index contributed by atoms with van der Waals surface area (Å²) in [6, 6.07) is 8.32. The molecule has 2 heteroatoms. The van der Waals surface area contributed by atoms with Gasteiger partial charge in [-0.15, -0.1) is 0 Å². The third-order valence-corrected chi connectivity index (χ3v) is 3.10. The predicted molar refractivity (Wildman–Crippen MR) is 61.3 cm³/mol. The molecule has 0 aliphatic heterocycles.